The lowest BCUT2D eigenvalue weighted by atomic mass is 10.3. The number of hydrogen-bond donors (Lipinski definition) is 2. The molecule has 0 aromatic heterocycles. The summed E-state index contributed by atoms with van der Waals surface area (Å²) in [5.74, 6) is 0.694. The van der Waals surface area contributed by atoms with E-state index in [0.29, 0.717) is 13.0 Å². The molecule has 0 heterocycles. The SMILES string of the molecule is COc1ccc(NC(=O)CCN)cc1.Cl. The summed E-state index contributed by atoms with van der Waals surface area (Å²) in [4.78, 5) is 11.1. The van der Waals surface area contributed by atoms with Crippen LogP contribution in [0.3, 0.4) is 0 Å². The topological polar surface area (TPSA) is 64.3 Å². The molecule has 0 fully saturated rings. The minimum absolute atomic E-state index is 0. The van der Waals surface area contributed by atoms with E-state index in [0.717, 1.165) is 11.4 Å². The molecular weight excluding hydrogens is 216 g/mol. The summed E-state index contributed by atoms with van der Waals surface area (Å²) in [5.41, 5.74) is 6.00. The Morgan fingerprint density at radius 2 is 2.00 bits per heavy atom. The van der Waals surface area contributed by atoms with Crippen LogP contribution in [0.15, 0.2) is 24.3 Å². The number of nitrogens with one attached hydrogen (secondary N) is 1. The van der Waals surface area contributed by atoms with Crippen LogP contribution >= 0.6 is 12.4 Å². The van der Waals surface area contributed by atoms with Gasteiger partial charge in [-0.1, -0.05) is 0 Å². The van der Waals surface area contributed by atoms with E-state index in [-0.39, 0.29) is 18.3 Å². The highest BCUT2D eigenvalue weighted by Gasteiger charge is 2.00. The lowest BCUT2D eigenvalue weighted by Gasteiger charge is -2.04. The van der Waals surface area contributed by atoms with Gasteiger partial charge < -0.3 is 15.8 Å². The van der Waals surface area contributed by atoms with Crippen molar-refractivity contribution >= 4 is 24.0 Å². The predicted molar refractivity (Wildman–Crippen MR) is 62.5 cm³/mol. The molecule has 0 bridgehead atoms. The zero-order valence-electron chi connectivity index (χ0n) is 8.53. The van der Waals surface area contributed by atoms with E-state index in [1.807, 2.05) is 0 Å². The number of anilines is 1. The second-order valence-corrected chi connectivity index (χ2v) is 2.82. The number of benzene rings is 1. The van der Waals surface area contributed by atoms with Crippen molar-refractivity contribution in [3.05, 3.63) is 24.3 Å². The molecule has 3 N–H and O–H groups in total. The Hall–Kier alpha value is -1.26. The zero-order valence-corrected chi connectivity index (χ0v) is 9.34. The maximum atomic E-state index is 11.1. The first kappa shape index (κ1) is 13.7. The summed E-state index contributed by atoms with van der Waals surface area (Å²) in [6.45, 7) is 0.363. The smallest absolute Gasteiger partial charge is 0.225 e. The third kappa shape index (κ3) is 4.67. The molecule has 1 amide bonds. The highest BCUT2D eigenvalue weighted by molar-refractivity contribution is 5.90. The van der Waals surface area contributed by atoms with Gasteiger partial charge in [-0.3, -0.25) is 4.79 Å². The normalized spacial score (nSPS) is 8.93. The lowest BCUT2D eigenvalue weighted by Crippen LogP contribution is -2.15. The average molecular weight is 231 g/mol. The first-order valence-corrected chi connectivity index (χ1v) is 4.40. The Morgan fingerprint density at radius 1 is 1.40 bits per heavy atom. The number of amides is 1. The molecule has 4 nitrogen and oxygen atoms in total. The maximum absolute atomic E-state index is 11.1. The van der Waals surface area contributed by atoms with Crippen LogP contribution in [0.4, 0.5) is 5.69 Å². The summed E-state index contributed by atoms with van der Waals surface area (Å²) < 4.78 is 4.99. The first-order chi connectivity index (χ1) is 6.76. The number of hydrogen-bond acceptors (Lipinski definition) is 3. The van der Waals surface area contributed by atoms with Gasteiger partial charge in [0.15, 0.2) is 0 Å². The standard InChI is InChI=1S/C10H14N2O2.ClH/c1-14-9-4-2-8(3-5-9)12-10(13)6-7-11;/h2-5H,6-7,11H2,1H3,(H,12,13);1H. The third-order valence-electron chi connectivity index (χ3n) is 1.75. The fraction of sp³-hybridized carbons (Fsp3) is 0.300. The molecule has 84 valence electrons. The molecular formula is C10H15ClN2O2. The molecule has 0 spiro atoms. The highest BCUT2D eigenvalue weighted by atomic mass is 35.5. The van der Waals surface area contributed by atoms with Gasteiger partial charge in [-0.05, 0) is 24.3 Å². The van der Waals surface area contributed by atoms with Crippen LogP contribution in [-0.2, 0) is 4.79 Å². The predicted octanol–water partition coefficient (Wildman–Crippen LogP) is 1.40. The van der Waals surface area contributed by atoms with E-state index in [1.54, 1.807) is 31.4 Å². The molecule has 0 saturated heterocycles. The Bertz CT molecular complexity index is 301. The van der Waals surface area contributed by atoms with E-state index < -0.39 is 0 Å². The van der Waals surface area contributed by atoms with Crippen LogP contribution < -0.4 is 15.8 Å². The Kier molecular flexibility index (Phi) is 6.49. The fourth-order valence-corrected chi connectivity index (χ4v) is 1.03. The van der Waals surface area contributed by atoms with Gasteiger partial charge in [-0.25, -0.2) is 0 Å². The zero-order chi connectivity index (χ0) is 10.4. The summed E-state index contributed by atoms with van der Waals surface area (Å²) >= 11 is 0. The number of halogens is 1. The lowest BCUT2D eigenvalue weighted by molar-refractivity contribution is -0.116. The van der Waals surface area contributed by atoms with Crippen molar-refractivity contribution in [3.63, 3.8) is 0 Å². The van der Waals surface area contributed by atoms with Crippen LogP contribution in [-0.4, -0.2) is 19.6 Å². The maximum Gasteiger partial charge on any atom is 0.225 e. The summed E-state index contributed by atoms with van der Waals surface area (Å²) in [5, 5.41) is 2.72. The number of nitrogens with two attached hydrogens (primary N) is 1. The molecule has 0 aliphatic rings. The monoisotopic (exact) mass is 230 g/mol. The molecule has 5 heteroatoms. The molecule has 0 atom stereocenters. The third-order valence-corrected chi connectivity index (χ3v) is 1.75. The molecule has 0 aliphatic carbocycles. The molecule has 1 aromatic rings. The summed E-state index contributed by atoms with van der Waals surface area (Å²) in [6, 6.07) is 7.15. The van der Waals surface area contributed by atoms with Crippen LogP contribution in [0.1, 0.15) is 6.42 Å². The van der Waals surface area contributed by atoms with Gasteiger partial charge in [0.25, 0.3) is 0 Å². The fourth-order valence-electron chi connectivity index (χ4n) is 1.03. The number of carbonyl (C=O) groups excluding carboxylic acids is 1. The van der Waals surface area contributed by atoms with Crippen LogP contribution in [0.25, 0.3) is 0 Å². The van der Waals surface area contributed by atoms with Gasteiger partial charge in [0, 0.05) is 18.7 Å². The van der Waals surface area contributed by atoms with Crippen LogP contribution in [0, 0.1) is 0 Å². The number of rotatable bonds is 4. The average Bonchev–Trinajstić information content (AvgIpc) is 2.19. The molecule has 0 radical (unpaired) electrons. The van der Waals surface area contributed by atoms with E-state index >= 15 is 0 Å². The minimum atomic E-state index is -0.0716. The molecule has 0 saturated carbocycles. The van der Waals surface area contributed by atoms with Gasteiger partial charge in [0.2, 0.25) is 5.91 Å². The molecule has 1 aromatic carbocycles. The Labute approximate surface area is 95.2 Å². The Balaban J connectivity index is 0.00000196. The summed E-state index contributed by atoms with van der Waals surface area (Å²) in [6.07, 6.45) is 0.339. The molecule has 15 heavy (non-hydrogen) atoms. The van der Waals surface area contributed by atoms with Gasteiger partial charge in [-0.2, -0.15) is 0 Å². The van der Waals surface area contributed by atoms with Gasteiger partial charge in [0.1, 0.15) is 5.75 Å². The van der Waals surface area contributed by atoms with Crippen molar-refractivity contribution in [1.29, 1.82) is 0 Å². The second kappa shape index (κ2) is 7.09. The minimum Gasteiger partial charge on any atom is -0.497 e. The number of ether oxygens (including phenoxy) is 1. The van der Waals surface area contributed by atoms with Crippen molar-refractivity contribution in [2.24, 2.45) is 5.73 Å². The van der Waals surface area contributed by atoms with Crippen molar-refractivity contribution in [2.75, 3.05) is 19.0 Å². The highest BCUT2D eigenvalue weighted by Crippen LogP contribution is 2.14. The van der Waals surface area contributed by atoms with Crippen molar-refractivity contribution < 1.29 is 9.53 Å². The second-order valence-electron chi connectivity index (χ2n) is 2.82. The van der Waals surface area contributed by atoms with Crippen molar-refractivity contribution in [1.82, 2.24) is 0 Å². The first-order valence-electron chi connectivity index (χ1n) is 4.40. The van der Waals surface area contributed by atoms with Gasteiger partial charge >= 0.3 is 0 Å². The number of methoxy groups -OCH3 is 1. The van der Waals surface area contributed by atoms with Gasteiger partial charge in [0.05, 0.1) is 7.11 Å². The van der Waals surface area contributed by atoms with E-state index in [2.05, 4.69) is 5.32 Å². The van der Waals surface area contributed by atoms with Crippen molar-refractivity contribution in [2.45, 2.75) is 6.42 Å². The summed E-state index contributed by atoms with van der Waals surface area (Å²) in [7, 11) is 1.60. The van der Waals surface area contributed by atoms with Crippen LogP contribution in [0.2, 0.25) is 0 Å². The van der Waals surface area contributed by atoms with Crippen molar-refractivity contribution in [3.8, 4) is 5.75 Å². The van der Waals surface area contributed by atoms with Gasteiger partial charge in [-0.15, -0.1) is 12.4 Å². The molecule has 0 aliphatic heterocycles. The largest absolute Gasteiger partial charge is 0.497 e. The van der Waals surface area contributed by atoms with E-state index in [4.69, 9.17) is 10.5 Å². The van der Waals surface area contributed by atoms with E-state index in [1.165, 1.54) is 0 Å². The Morgan fingerprint density at radius 3 is 2.47 bits per heavy atom. The van der Waals surface area contributed by atoms with Crippen LogP contribution in [0.5, 0.6) is 5.75 Å². The van der Waals surface area contributed by atoms with E-state index in [9.17, 15) is 4.79 Å². The quantitative estimate of drug-likeness (QED) is 0.822. The molecule has 1 rings (SSSR count). The number of carbonyl (C=O) groups is 1. The molecule has 0 unspecified atom stereocenters.